The fourth-order valence-electron chi connectivity index (χ4n) is 4.50. The molecule has 10 heteroatoms. The molecule has 0 atom stereocenters. The van der Waals surface area contributed by atoms with Crippen LogP contribution in [0.25, 0.3) is 21.0 Å². The molecule has 40 heavy (non-hydrogen) atoms. The van der Waals surface area contributed by atoms with Crippen molar-refractivity contribution in [2.75, 3.05) is 29.3 Å². The number of amides is 1. The fraction of sp³-hybridized carbons (Fsp3) is 0.200. The molecule has 0 radical (unpaired) electrons. The van der Waals surface area contributed by atoms with E-state index in [-0.39, 0.29) is 17.3 Å². The van der Waals surface area contributed by atoms with E-state index in [1.807, 2.05) is 56.3 Å². The first-order chi connectivity index (χ1) is 19.3. The van der Waals surface area contributed by atoms with Crippen molar-refractivity contribution >= 4 is 71.2 Å². The third kappa shape index (κ3) is 5.91. The number of nitrogens with zero attached hydrogens (tertiary/aromatic N) is 2. The van der Waals surface area contributed by atoms with Crippen LogP contribution in [0.5, 0.6) is 0 Å². The smallest absolute Gasteiger partial charge is 0.264 e. The van der Waals surface area contributed by atoms with Gasteiger partial charge in [0.05, 0.1) is 21.0 Å². The SMILES string of the molecule is CCN(c1ccc2sc(C(=O)NCCCNc3ccnc4cc(Cl)ccc34)cc2c1)S(=O)(=O)c1ccc(C)cc1. The predicted octanol–water partition coefficient (Wildman–Crippen LogP) is 6.86. The highest BCUT2D eigenvalue weighted by Crippen LogP contribution is 2.32. The zero-order valence-corrected chi connectivity index (χ0v) is 24.5. The summed E-state index contributed by atoms with van der Waals surface area (Å²) in [7, 11) is -3.71. The Kier molecular flexibility index (Phi) is 8.25. The number of hydrogen-bond donors (Lipinski definition) is 2. The van der Waals surface area contributed by atoms with Crippen molar-refractivity contribution in [2.24, 2.45) is 0 Å². The number of halogens is 1. The molecule has 206 valence electrons. The highest BCUT2D eigenvalue weighted by atomic mass is 35.5. The summed E-state index contributed by atoms with van der Waals surface area (Å²) in [5, 5.41) is 8.86. The van der Waals surface area contributed by atoms with Gasteiger partial charge < -0.3 is 10.6 Å². The number of aryl methyl sites for hydroxylation is 1. The van der Waals surface area contributed by atoms with Gasteiger partial charge in [0.2, 0.25) is 0 Å². The van der Waals surface area contributed by atoms with Crippen LogP contribution in [0.1, 0.15) is 28.6 Å². The van der Waals surface area contributed by atoms with E-state index in [0.717, 1.165) is 38.7 Å². The molecule has 2 N–H and O–H groups in total. The number of nitrogens with one attached hydrogen (secondary N) is 2. The zero-order valence-electron chi connectivity index (χ0n) is 22.1. The monoisotopic (exact) mass is 592 g/mol. The highest BCUT2D eigenvalue weighted by Gasteiger charge is 2.24. The summed E-state index contributed by atoms with van der Waals surface area (Å²) in [4.78, 5) is 18.0. The van der Waals surface area contributed by atoms with Crippen LogP contribution < -0.4 is 14.9 Å². The van der Waals surface area contributed by atoms with Gasteiger partial charge in [-0.05, 0) is 86.3 Å². The first-order valence-corrected chi connectivity index (χ1v) is 15.6. The normalized spacial score (nSPS) is 11.6. The van der Waals surface area contributed by atoms with Crippen LogP contribution in [-0.2, 0) is 10.0 Å². The van der Waals surface area contributed by atoms with E-state index >= 15 is 0 Å². The van der Waals surface area contributed by atoms with Gasteiger partial charge in [-0.15, -0.1) is 11.3 Å². The molecule has 0 fully saturated rings. The van der Waals surface area contributed by atoms with Crippen LogP contribution in [0.2, 0.25) is 5.02 Å². The zero-order chi connectivity index (χ0) is 28.3. The molecule has 3 aromatic carbocycles. The fourth-order valence-corrected chi connectivity index (χ4v) is 7.09. The molecular formula is C30H29ClN4O3S2. The Hall–Kier alpha value is -3.66. The number of hydrogen-bond acceptors (Lipinski definition) is 6. The van der Waals surface area contributed by atoms with E-state index < -0.39 is 10.0 Å². The molecular weight excluding hydrogens is 564 g/mol. The molecule has 0 spiro atoms. The maximum atomic E-state index is 13.3. The molecule has 0 unspecified atom stereocenters. The van der Waals surface area contributed by atoms with Gasteiger partial charge in [0, 0.05) is 46.6 Å². The Morgan fingerprint density at radius 2 is 1.80 bits per heavy atom. The lowest BCUT2D eigenvalue weighted by atomic mass is 10.2. The van der Waals surface area contributed by atoms with E-state index in [1.165, 1.54) is 15.6 Å². The molecule has 0 bridgehead atoms. The van der Waals surface area contributed by atoms with Gasteiger partial charge in [0.25, 0.3) is 15.9 Å². The first-order valence-electron chi connectivity index (χ1n) is 13.0. The minimum atomic E-state index is -3.71. The summed E-state index contributed by atoms with van der Waals surface area (Å²) >= 11 is 7.46. The number of carbonyl (C=O) groups excluding carboxylic acids is 1. The molecule has 0 aliphatic heterocycles. The third-order valence-electron chi connectivity index (χ3n) is 6.57. The van der Waals surface area contributed by atoms with Gasteiger partial charge in [-0.2, -0.15) is 0 Å². The summed E-state index contributed by atoms with van der Waals surface area (Å²) in [5.74, 6) is -0.147. The summed E-state index contributed by atoms with van der Waals surface area (Å²) in [6.45, 7) is 5.21. The predicted molar refractivity (Wildman–Crippen MR) is 165 cm³/mol. The van der Waals surface area contributed by atoms with Crippen molar-refractivity contribution in [1.82, 2.24) is 10.3 Å². The Balaban J connectivity index is 1.21. The summed E-state index contributed by atoms with van der Waals surface area (Å²) < 4.78 is 28.9. The second-order valence-corrected chi connectivity index (χ2v) is 12.8. The number of aromatic nitrogens is 1. The van der Waals surface area contributed by atoms with Crippen LogP contribution in [0, 0.1) is 6.92 Å². The van der Waals surface area contributed by atoms with Crippen molar-refractivity contribution < 1.29 is 13.2 Å². The topological polar surface area (TPSA) is 91.4 Å². The molecule has 0 saturated carbocycles. The van der Waals surface area contributed by atoms with Gasteiger partial charge in [-0.25, -0.2) is 8.42 Å². The van der Waals surface area contributed by atoms with Gasteiger partial charge >= 0.3 is 0 Å². The van der Waals surface area contributed by atoms with Gasteiger partial charge in [0.1, 0.15) is 0 Å². The lowest BCUT2D eigenvalue weighted by Gasteiger charge is -2.23. The van der Waals surface area contributed by atoms with Gasteiger partial charge in [0.15, 0.2) is 0 Å². The highest BCUT2D eigenvalue weighted by molar-refractivity contribution is 7.92. The second kappa shape index (κ2) is 11.8. The van der Waals surface area contributed by atoms with Crippen LogP contribution >= 0.6 is 22.9 Å². The summed E-state index contributed by atoms with van der Waals surface area (Å²) in [6.07, 6.45) is 2.48. The number of fused-ring (bicyclic) bond motifs is 2. The number of sulfonamides is 1. The van der Waals surface area contributed by atoms with Gasteiger partial charge in [-0.1, -0.05) is 29.3 Å². The van der Waals surface area contributed by atoms with E-state index in [2.05, 4.69) is 15.6 Å². The Labute approximate surface area is 242 Å². The number of benzene rings is 3. The van der Waals surface area contributed by atoms with Crippen molar-refractivity contribution in [2.45, 2.75) is 25.2 Å². The minimum absolute atomic E-state index is 0.147. The van der Waals surface area contributed by atoms with Gasteiger partial charge in [-0.3, -0.25) is 14.1 Å². The third-order valence-corrected chi connectivity index (χ3v) is 9.83. The first kappa shape index (κ1) is 27.9. The molecule has 1 amide bonds. The Morgan fingerprint density at radius 1 is 1.00 bits per heavy atom. The number of rotatable bonds is 10. The second-order valence-electron chi connectivity index (χ2n) is 9.37. The lowest BCUT2D eigenvalue weighted by Crippen LogP contribution is -2.30. The van der Waals surface area contributed by atoms with Crippen LogP contribution in [0.4, 0.5) is 11.4 Å². The van der Waals surface area contributed by atoms with Crippen LogP contribution in [0.15, 0.2) is 83.9 Å². The minimum Gasteiger partial charge on any atom is -0.384 e. The molecule has 2 heterocycles. The molecule has 5 rings (SSSR count). The average molecular weight is 593 g/mol. The number of pyridine rings is 1. The maximum Gasteiger partial charge on any atom is 0.264 e. The number of thiophene rings is 1. The molecule has 0 aliphatic rings. The number of carbonyl (C=O) groups is 1. The standard InChI is InChI=1S/C30H29ClN4O3S2/c1-3-35(40(37,38)24-9-5-20(2)6-10-24)23-8-12-28-21(17-23)18-29(39-28)30(36)34-15-4-14-32-26-13-16-33-27-19-22(31)7-11-25(26)27/h5-13,16-19H,3-4,14-15H2,1-2H3,(H,32,33)(H,34,36). The molecule has 2 aromatic heterocycles. The van der Waals surface area contributed by atoms with Crippen molar-refractivity contribution in [1.29, 1.82) is 0 Å². The number of anilines is 2. The lowest BCUT2D eigenvalue weighted by molar-refractivity contribution is 0.0957. The summed E-state index contributed by atoms with van der Waals surface area (Å²) in [5.41, 5.74) is 3.36. The van der Waals surface area contributed by atoms with Crippen LogP contribution in [0.3, 0.4) is 0 Å². The maximum absolute atomic E-state index is 13.3. The largest absolute Gasteiger partial charge is 0.384 e. The Morgan fingerprint density at radius 3 is 2.58 bits per heavy atom. The van der Waals surface area contributed by atoms with Crippen molar-refractivity contribution in [3.05, 3.63) is 94.5 Å². The van der Waals surface area contributed by atoms with E-state index in [9.17, 15) is 13.2 Å². The van der Waals surface area contributed by atoms with Crippen molar-refractivity contribution in [3.63, 3.8) is 0 Å². The van der Waals surface area contributed by atoms with E-state index in [4.69, 9.17) is 11.6 Å². The molecule has 0 saturated heterocycles. The van der Waals surface area contributed by atoms with Crippen LogP contribution in [-0.4, -0.2) is 38.9 Å². The summed E-state index contributed by atoms with van der Waals surface area (Å²) in [6, 6.07) is 21.7. The van der Waals surface area contributed by atoms with E-state index in [0.29, 0.717) is 28.7 Å². The Bertz CT molecular complexity index is 1790. The average Bonchev–Trinajstić information content (AvgIpc) is 3.37. The molecule has 5 aromatic rings. The molecule has 0 aliphatic carbocycles. The molecule has 7 nitrogen and oxygen atoms in total. The van der Waals surface area contributed by atoms with Crippen molar-refractivity contribution in [3.8, 4) is 0 Å². The quantitative estimate of drug-likeness (QED) is 0.173. The van der Waals surface area contributed by atoms with E-state index in [1.54, 1.807) is 36.5 Å².